The van der Waals surface area contributed by atoms with Crippen molar-refractivity contribution < 1.29 is 9.53 Å². The zero-order valence-corrected chi connectivity index (χ0v) is 19.3. The molecule has 0 unspecified atom stereocenters. The maximum atomic E-state index is 12.8. The summed E-state index contributed by atoms with van der Waals surface area (Å²) in [6, 6.07) is 10.3. The summed E-state index contributed by atoms with van der Waals surface area (Å²) in [7, 11) is 0. The maximum absolute atomic E-state index is 12.8. The van der Waals surface area contributed by atoms with Gasteiger partial charge in [-0.2, -0.15) is 0 Å². The highest BCUT2D eigenvalue weighted by Crippen LogP contribution is 2.29. The lowest BCUT2D eigenvalue weighted by molar-refractivity contribution is 0.103. The number of amides is 1. The van der Waals surface area contributed by atoms with Crippen molar-refractivity contribution in [2.75, 3.05) is 5.32 Å². The highest BCUT2D eigenvalue weighted by atomic mass is 32.1. The van der Waals surface area contributed by atoms with Crippen molar-refractivity contribution >= 4 is 43.9 Å². The highest BCUT2D eigenvalue weighted by Gasteiger charge is 2.18. The third kappa shape index (κ3) is 4.22. The van der Waals surface area contributed by atoms with Gasteiger partial charge in [-0.3, -0.25) is 10.1 Å². The van der Waals surface area contributed by atoms with Gasteiger partial charge >= 0.3 is 0 Å². The van der Waals surface area contributed by atoms with Crippen molar-refractivity contribution in [2.45, 2.75) is 41.2 Å². The molecule has 0 bridgehead atoms. The number of hydrogen-bond donors (Lipinski definition) is 1. The molecule has 5 nitrogen and oxygen atoms in total. The smallest absolute Gasteiger partial charge is 0.269 e. The van der Waals surface area contributed by atoms with Gasteiger partial charge in [0.05, 0.1) is 15.9 Å². The van der Waals surface area contributed by atoms with Gasteiger partial charge in [-0.1, -0.05) is 23.5 Å². The zero-order chi connectivity index (χ0) is 21.4. The maximum Gasteiger partial charge on any atom is 0.269 e. The monoisotopic (exact) mass is 437 g/mol. The van der Waals surface area contributed by atoms with E-state index in [1.165, 1.54) is 33.8 Å². The quantitative estimate of drug-likeness (QED) is 0.408. The summed E-state index contributed by atoms with van der Waals surface area (Å²) in [4.78, 5) is 22.5. The number of nitrogens with zero attached hydrogens (tertiary/aromatic N) is 2. The predicted molar refractivity (Wildman–Crippen MR) is 124 cm³/mol. The van der Waals surface area contributed by atoms with Gasteiger partial charge in [0.1, 0.15) is 22.2 Å². The van der Waals surface area contributed by atoms with E-state index in [-0.39, 0.29) is 5.91 Å². The lowest BCUT2D eigenvalue weighted by Crippen LogP contribution is -2.11. The standard InChI is InChI=1S/C23H23N3O2S2/c1-12-6-7-13(2)18(8-12)28-11-20-24-16(5)21(30-20)22(27)26-23-25-17-9-14(3)15(4)10-19(17)29-23/h6-10H,11H2,1-5H3,(H,25,26,27). The lowest BCUT2D eigenvalue weighted by atomic mass is 10.1. The van der Waals surface area contributed by atoms with Gasteiger partial charge in [-0.25, -0.2) is 9.97 Å². The summed E-state index contributed by atoms with van der Waals surface area (Å²) in [5.41, 5.74) is 6.24. The number of rotatable bonds is 5. The van der Waals surface area contributed by atoms with E-state index in [4.69, 9.17) is 4.74 Å². The van der Waals surface area contributed by atoms with Crippen LogP contribution in [0.4, 0.5) is 5.13 Å². The van der Waals surface area contributed by atoms with E-state index in [1.807, 2.05) is 32.9 Å². The molecule has 2 aromatic carbocycles. The fourth-order valence-corrected chi connectivity index (χ4v) is 4.93. The molecule has 0 fully saturated rings. The van der Waals surface area contributed by atoms with E-state index in [0.29, 0.717) is 22.3 Å². The normalized spacial score (nSPS) is 11.1. The van der Waals surface area contributed by atoms with E-state index >= 15 is 0 Å². The molecule has 0 radical (unpaired) electrons. The van der Waals surface area contributed by atoms with Gasteiger partial charge in [0.25, 0.3) is 5.91 Å². The average Bonchev–Trinajstić information content (AvgIpc) is 3.25. The van der Waals surface area contributed by atoms with Crippen LogP contribution in [-0.2, 0) is 6.61 Å². The van der Waals surface area contributed by atoms with Gasteiger partial charge < -0.3 is 4.74 Å². The summed E-state index contributed by atoms with van der Waals surface area (Å²) in [6.07, 6.45) is 0. The Hall–Kier alpha value is -2.77. The molecule has 0 aliphatic carbocycles. The van der Waals surface area contributed by atoms with Gasteiger partial charge in [0, 0.05) is 0 Å². The molecule has 0 aliphatic heterocycles. The zero-order valence-electron chi connectivity index (χ0n) is 17.6. The van der Waals surface area contributed by atoms with Gasteiger partial charge in [0.2, 0.25) is 0 Å². The van der Waals surface area contributed by atoms with Crippen LogP contribution in [0.5, 0.6) is 5.75 Å². The van der Waals surface area contributed by atoms with Crippen molar-refractivity contribution in [3.05, 3.63) is 68.2 Å². The molecule has 2 heterocycles. The Bertz CT molecular complexity index is 1220. The molecular formula is C23H23N3O2S2. The summed E-state index contributed by atoms with van der Waals surface area (Å²) in [6.45, 7) is 10.4. The molecule has 0 spiro atoms. The molecule has 0 saturated heterocycles. The molecule has 4 rings (SSSR count). The molecular weight excluding hydrogens is 414 g/mol. The Morgan fingerprint density at radius 3 is 2.53 bits per heavy atom. The fourth-order valence-electron chi connectivity index (χ4n) is 3.11. The summed E-state index contributed by atoms with van der Waals surface area (Å²) < 4.78 is 7.00. The fraction of sp³-hybridized carbons (Fsp3) is 0.261. The Morgan fingerprint density at radius 1 is 0.967 bits per heavy atom. The Morgan fingerprint density at radius 2 is 1.73 bits per heavy atom. The third-order valence-corrected chi connectivity index (χ3v) is 7.03. The summed E-state index contributed by atoms with van der Waals surface area (Å²) in [5.74, 6) is 0.657. The number of ether oxygens (including phenoxy) is 1. The van der Waals surface area contributed by atoms with Gasteiger partial charge in [-0.15, -0.1) is 11.3 Å². The van der Waals surface area contributed by atoms with Crippen molar-refractivity contribution in [3.63, 3.8) is 0 Å². The molecule has 30 heavy (non-hydrogen) atoms. The molecule has 4 aromatic rings. The second kappa shape index (κ2) is 8.16. The molecule has 7 heteroatoms. The number of carbonyl (C=O) groups is 1. The van der Waals surface area contributed by atoms with E-state index in [2.05, 4.69) is 47.3 Å². The highest BCUT2D eigenvalue weighted by molar-refractivity contribution is 7.22. The molecule has 0 saturated carbocycles. The molecule has 0 atom stereocenters. The largest absolute Gasteiger partial charge is 0.486 e. The van der Waals surface area contributed by atoms with E-state index in [0.717, 1.165) is 32.1 Å². The Balaban J connectivity index is 1.48. The first-order valence-corrected chi connectivity index (χ1v) is 11.3. The number of anilines is 1. The van der Waals surface area contributed by atoms with E-state index in [1.54, 1.807) is 0 Å². The number of thiazole rings is 2. The second-order valence-electron chi connectivity index (χ2n) is 7.46. The number of nitrogens with one attached hydrogen (secondary N) is 1. The lowest BCUT2D eigenvalue weighted by Gasteiger charge is -2.08. The Kier molecular flexibility index (Phi) is 5.58. The van der Waals surface area contributed by atoms with E-state index < -0.39 is 0 Å². The molecule has 154 valence electrons. The minimum atomic E-state index is -0.185. The van der Waals surface area contributed by atoms with Crippen LogP contribution in [-0.4, -0.2) is 15.9 Å². The van der Waals surface area contributed by atoms with Crippen LogP contribution in [0.2, 0.25) is 0 Å². The number of hydrogen-bond acceptors (Lipinski definition) is 6. The van der Waals surface area contributed by atoms with Crippen LogP contribution in [0, 0.1) is 34.6 Å². The number of benzene rings is 2. The molecule has 0 aliphatic rings. The minimum absolute atomic E-state index is 0.185. The van der Waals surface area contributed by atoms with Crippen LogP contribution in [0.1, 0.15) is 42.6 Å². The first kappa shape index (κ1) is 20.5. The average molecular weight is 438 g/mol. The van der Waals surface area contributed by atoms with Crippen molar-refractivity contribution in [3.8, 4) is 5.75 Å². The van der Waals surface area contributed by atoms with Crippen molar-refractivity contribution in [1.82, 2.24) is 9.97 Å². The SMILES string of the molecule is Cc1ccc(C)c(OCc2nc(C)c(C(=O)Nc3nc4cc(C)c(C)cc4s3)s2)c1. The first-order valence-electron chi connectivity index (χ1n) is 9.65. The predicted octanol–water partition coefficient (Wildman–Crippen LogP) is 6.13. The van der Waals surface area contributed by atoms with Gasteiger partial charge in [0.15, 0.2) is 5.13 Å². The topological polar surface area (TPSA) is 64.1 Å². The number of carbonyl (C=O) groups excluding carboxylic acids is 1. The molecule has 1 amide bonds. The van der Waals surface area contributed by atoms with Gasteiger partial charge in [-0.05, 0) is 75.1 Å². The molecule has 2 aromatic heterocycles. The minimum Gasteiger partial charge on any atom is -0.486 e. The second-order valence-corrected chi connectivity index (χ2v) is 9.57. The van der Waals surface area contributed by atoms with Crippen LogP contribution < -0.4 is 10.1 Å². The molecule has 1 N–H and O–H groups in total. The Labute approximate surface area is 183 Å². The summed E-state index contributed by atoms with van der Waals surface area (Å²) >= 11 is 2.84. The first-order chi connectivity index (χ1) is 14.3. The number of fused-ring (bicyclic) bond motifs is 1. The van der Waals surface area contributed by atoms with Crippen molar-refractivity contribution in [2.24, 2.45) is 0 Å². The third-order valence-electron chi connectivity index (χ3n) is 4.97. The number of aromatic nitrogens is 2. The van der Waals surface area contributed by atoms with E-state index in [9.17, 15) is 4.79 Å². The van der Waals surface area contributed by atoms with Crippen LogP contribution >= 0.6 is 22.7 Å². The number of aryl methyl sites for hydroxylation is 5. The van der Waals surface area contributed by atoms with Crippen LogP contribution in [0.25, 0.3) is 10.2 Å². The summed E-state index contributed by atoms with van der Waals surface area (Å²) in [5, 5.41) is 4.30. The van der Waals surface area contributed by atoms with Crippen LogP contribution in [0.3, 0.4) is 0 Å². The van der Waals surface area contributed by atoms with Crippen molar-refractivity contribution in [1.29, 1.82) is 0 Å². The van der Waals surface area contributed by atoms with Crippen LogP contribution in [0.15, 0.2) is 30.3 Å².